The van der Waals surface area contributed by atoms with Crippen LogP contribution in [0.3, 0.4) is 0 Å². The van der Waals surface area contributed by atoms with E-state index in [0.717, 1.165) is 6.42 Å². The van der Waals surface area contributed by atoms with E-state index in [9.17, 15) is 0 Å². The van der Waals surface area contributed by atoms with Crippen molar-refractivity contribution < 1.29 is 53.8 Å². The number of aryl methyl sites for hydroxylation is 1. The van der Waals surface area contributed by atoms with Gasteiger partial charge in [0.25, 0.3) is 0 Å². The number of benzene rings is 2. The first-order chi connectivity index (χ1) is 10.4. The minimum absolute atomic E-state index is 0. The zero-order valence-electron chi connectivity index (χ0n) is 16.6. The Balaban J connectivity index is -0.0000000317. The van der Waals surface area contributed by atoms with E-state index in [2.05, 4.69) is 56.3 Å². The van der Waals surface area contributed by atoms with Crippen LogP contribution in [0.4, 0.5) is 0 Å². The molecule has 2 aromatic rings. The second-order valence-electron chi connectivity index (χ2n) is 3.97. The molecule has 0 saturated heterocycles. The maximum Gasteiger partial charge on any atom is 0 e. The molecule has 0 N–H and O–H groups in total. The van der Waals surface area contributed by atoms with Gasteiger partial charge >= 0.3 is 0 Å². The molecule has 0 nitrogen and oxygen atoms in total. The third-order valence-corrected chi connectivity index (χ3v) is 2.51. The minimum Gasteiger partial charge on any atom is -0.358 e. The Labute approximate surface area is 214 Å². The third-order valence-electron chi connectivity index (χ3n) is 2.51. The van der Waals surface area contributed by atoms with Crippen molar-refractivity contribution >= 4 is 0 Å². The molecule has 0 atom stereocenters. The zero-order valence-corrected chi connectivity index (χ0v) is 22.4. The summed E-state index contributed by atoms with van der Waals surface area (Å²) in [6, 6.07) is 20.8. The molecule has 0 fully saturated rings. The van der Waals surface area contributed by atoms with Crippen molar-refractivity contribution in [1.29, 1.82) is 0 Å². The molecule has 0 saturated carbocycles. The summed E-state index contributed by atoms with van der Waals surface area (Å²) in [4.78, 5) is 0. The van der Waals surface area contributed by atoms with Gasteiger partial charge < -0.3 is 14.4 Å². The van der Waals surface area contributed by atoms with Crippen molar-refractivity contribution in [3.05, 3.63) is 86.1 Å². The SMILES string of the molecule is C.C.C.CC.CC.CCCc1ccccc1.[CH2-]Cc1ccccc1.[CH3-].[W].[Y]. The largest absolute Gasteiger partial charge is 0.358 e. The standard InChI is InChI=1S/C9H12.C8H9.2C2H6.3CH4.CH3.W.Y/c1-2-6-9-7-4-3-5-8-9;1-2-8-6-4-3-5-7-8;2*1-2;;;;;;/h3-5,7-8H,2,6H2,1H3;3-7H,1-2H2;2*1-2H3;3*1H4;1H3;;/q;-1;;;;;;-1;;. The van der Waals surface area contributed by atoms with Crippen molar-refractivity contribution in [2.45, 2.75) is 76.2 Å². The third kappa shape index (κ3) is 34.2. The summed E-state index contributed by atoms with van der Waals surface area (Å²) in [6.07, 6.45) is 3.34. The van der Waals surface area contributed by atoms with E-state index >= 15 is 0 Å². The van der Waals surface area contributed by atoms with Crippen molar-refractivity contribution in [3.63, 3.8) is 0 Å². The fourth-order valence-corrected chi connectivity index (χ4v) is 1.58. The van der Waals surface area contributed by atoms with Gasteiger partial charge in [-0.1, -0.05) is 130 Å². The van der Waals surface area contributed by atoms with E-state index in [0.29, 0.717) is 0 Å². The van der Waals surface area contributed by atoms with E-state index < -0.39 is 0 Å². The molecule has 2 heteroatoms. The Morgan fingerprint density at radius 1 is 0.667 bits per heavy atom. The monoisotopic (exact) mass is 621 g/mol. The van der Waals surface area contributed by atoms with Gasteiger partial charge in [-0.05, 0) is 12.0 Å². The van der Waals surface area contributed by atoms with Gasteiger partial charge in [0.15, 0.2) is 0 Å². The zero-order chi connectivity index (χ0) is 16.3. The first-order valence-corrected chi connectivity index (χ1v) is 8.24. The molecule has 0 spiro atoms. The summed E-state index contributed by atoms with van der Waals surface area (Å²) in [7, 11) is 0. The van der Waals surface area contributed by atoms with Gasteiger partial charge in [0.05, 0.1) is 0 Å². The van der Waals surface area contributed by atoms with Crippen LogP contribution < -0.4 is 0 Å². The van der Waals surface area contributed by atoms with Crippen LogP contribution in [-0.2, 0) is 66.6 Å². The first kappa shape index (κ1) is 50.7. The normalized spacial score (nSPS) is 6.30. The average molecular weight is 621 g/mol. The van der Waals surface area contributed by atoms with Crippen molar-refractivity contribution in [2.24, 2.45) is 0 Å². The Kier molecular flexibility index (Phi) is 84.7. The molecule has 0 aromatic heterocycles. The van der Waals surface area contributed by atoms with Crippen LogP contribution in [0.1, 0.15) is 74.4 Å². The number of rotatable bonds is 3. The maximum absolute atomic E-state index is 3.76. The summed E-state index contributed by atoms with van der Waals surface area (Å²) >= 11 is 0. The van der Waals surface area contributed by atoms with E-state index in [1.807, 2.05) is 45.9 Å². The smallest absolute Gasteiger partial charge is 0 e. The molecule has 159 valence electrons. The molecule has 0 aliphatic rings. The molecule has 2 rings (SSSR count). The van der Waals surface area contributed by atoms with E-state index in [4.69, 9.17) is 0 Å². The average Bonchev–Trinajstić information content (AvgIpc) is 2.61. The van der Waals surface area contributed by atoms with E-state index in [-0.39, 0.29) is 83.5 Å². The topological polar surface area (TPSA) is 0 Å². The fraction of sp³-hybridized carbons (Fsp3) is 0.440. The molecule has 0 heterocycles. The molecular formula is C25H48WY-2. The molecule has 0 aliphatic heterocycles. The molecule has 0 bridgehead atoms. The van der Waals surface area contributed by atoms with Gasteiger partial charge in [-0.25, -0.2) is 0 Å². The second kappa shape index (κ2) is 45.2. The predicted octanol–water partition coefficient (Wildman–Crippen LogP) is 9.11. The Bertz CT molecular complexity index is 388. The molecular weight excluding hydrogens is 573 g/mol. The van der Waals surface area contributed by atoms with Crippen LogP contribution in [0, 0.1) is 14.4 Å². The van der Waals surface area contributed by atoms with Gasteiger partial charge in [0, 0.05) is 53.8 Å². The molecule has 0 aliphatic carbocycles. The van der Waals surface area contributed by atoms with Crippen LogP contribution in [0.2, 0.25) is 0 Å². The minimum atomic E-state index is 0. The molecule has 0 unspecified atom stereocenters. The molecule has 1 radical (unpaired) electrons. The Hall–Kier alpha value is 0.232. The van der Waals surface area contributed by atoms with Crippen molar-refractivity contribution in [1.82, 2.24) is 0 Å². The second-order valence-corrected chi connectivity index (χ2v) is 3.97. The predicted molar refractivity (Wildman–Crippen MR) is 125 cm³/mol. The van der Waals surface area contributed by atoms with Crippen LogP contribution in [-0.4, -0.2) is 0 Å². The Morgan fingerprint density at radius 3 is 1.19 bits per heavy atom. The van der Waals surface area contributed by atoms with Crippen molar-refractivity contribution in [3.8, 4) is 0 Å². The van der Waals surface area contributed by atoms with Gasteiger partial charge in [-0.15, -0.1) is 0 Å². The summed E-state index contributed by atoms with van der Waals surface area (Å²) in [6.45, 7) is 14.0. The summed E-state index contributed by atoms with van der Waals surface area (Å²) < 4.78 is 0. The van der Waals surface area contributed by atoms with Crippen LogP contribution in [0.25, 0.3) is 0 Å². The summed E-state index contributed by atoms with van der Waals surface area (Å²) in [5, 5.41) is 0. The van der Waals surface area contributed by atoms with E-state index in [1.54, 1.807) is 0 Å². The van der Waals surface area contributed by atoms with E-state index in [1.165, 1.54) is 24.0 Å². The van der Waals surface area contributed by atoms with Gasteiger partial charge in [-0.3, -0.25) is 0 Å². The Morgan fingerprint density at radius 2 is 0.963 bits per heavy atom. The summed E-state index contributed by atoms with van der Waals surface area (Å²) in [5.41, 5.74) is 2.74. The maximum atomic E-state index is 3.76. The van der Waals surface area contributed by atoms with Gasteiger partial charge in [0.2, 0.25) is 0 Å². The van der Waals surface area contributed by atoms with Crippen LogP contribution in [0.5, 0.6) is 0 Å². The quantitative estimate of drug-likeness (QED) is 0.300. The van der Waals surface area contributed by atoms with Crippen molar-refractivity contribution in [2.75, 3.05) is 0 Å². The molecule has 0 amide bonds. The number of hydrogen-bond acceptors (Lipinski definition) is 0. The van der Waals surface area contributed by atoms with Gasteiger partial charge in [0.1, 0.15) is 0 Å². The molecule has 27 heavy (non-hydrogen) atoms. The summed E-state index contributed by atoms with van der Waals surface area (Å²) in [5.74, 6) is 0. The number of hydrogen-bond donors (Lipinski definition) is 0. The molecule has 2 aromatic carbocycles. The van der Waals surface area contributed by atoms with Crippen LogP contribution >= 0.6 is 0 Å². The fourth-order valence-electron chi connectivity index (χ4n) is 1.58. The first-order valence-electron chi connectivity index (χ1n) is 8.24. The van der Waals surface area contributed by atoms with Crippen LogP contribution in [0.15, 0.2) is 60.7 Å². The van der Waals surface area contributed by atoms with Gasteiger partial charge in [-0.2, -0.15) is 6.42 Å².